The summed E-state index contributed by atoms with van der Waals surface area (Å²) in [6, 6.07) is 2.06. The molecule has 2 aromatic heterocycles. The van der Waals surface area contributed by atoms with Gasteiger partial charge in [0, 0.05) is 12.2 Å². The first-order valence-corrected chi connectivity index (χ1v) is 7.72. The predicted octanol–water partition coefficient (Wildman–Crippen LogP) is 1.96. The molecule has 0 fully saturated rings. The Balaban J connectivity index is 1.95. The van der Waals surface area contributed by atoms with Crippen molar-refractivity contribution in [1.29, 1.82) is 5.26 Å². The topological polar surface area (TPSA) is 104 Å². The molecule has 1 amide bonds. The van der Waals surface area contributed by atoms with E-state index < -0.39 is 0 Å². The van der Waals surface area contributed by atoms with Crippen LogP contribution in [-0.2, 0) is 0 Å². The molecule has 0 aliphatic heterocycles. The van der Waals surface area contributed by atoms with Gasteiger partial charge in [-0.25, -0.2) is 0 Å². The first kappa shape index (κ1) is 13.9. The molecule has 0 unspecified atom stereocenters. The van der Waals surface area contributed by atoms with Gasteiger partial charge in [0.15, 0.2) is 4.34 Å². The second kappa shape index (κ2) is 6.55. The van der Waals surface area contributed by atoms with Crippen molar-refractivity contribution in [2.75, 3.05) is 11.1 Å². The van der Waals surface area contributed by atoms with Crippen LogP contribution < -0.4 is 5.32 Å². The monoisotopic (exact) mass is 312 g/mol. The number of carbonyl (C=O) groups excluding carboxylic acids is 1. The van der Waals surface area contributed by atoms with Gasteiger partial charge in [-0.3, -0.25) is 10.1 Å². The Morgan fingerprint density at radius 1 is 1.47 bits per heavy atom. The van der Waals surface area contributed by atoms with E-state index in [4.69, 9.17) is 5.26 Å². The maximum Gasteiger partial charge on any atom is 0.271 e. The van der Waals surface area contributed by atoms with Crippen molar-refractivity contribution in [3.63, 3.8) is 0 Å². The summed E-state index contributed by atoms with van der Waals surface area (Å²) >= 11 is 3.76. The van der Waals surface area contributed by atoms with Crippen molar-refractivity contribution in [2.45, 2.75) is 17.7 Å². The third kappa shape index (κ3) is 3.69. The van der Waals surface area contributed by atoms with Crippen LogP contribution in [0.3, 0.4) is 0 Å². The van der Waals surface area contributed by atoms with Gasteiger partial charge < -0.3 is 0 Å². The number of nitrogens with zero attached hydrogens (tertiary/aromatic N) is 5. The smallest absolute Gasteiger partial charge is 0.271 e. The summed E-state index contributed by atoms with van der Waals surface area (Å²) in [6.07, 6.45) is 0.456. The largest absolute Gasteiger partial charge is 0.296 e. The van der Waals surface area contributed by atoms with Crippen molar-refractivity contribution >= 4 is 45.7 Å². The molecule has 7 nitrogen and oxygen atoms in total. The van der Waals surface area contributed by atoms with Gasteiger partial charge in [0.25, 0.3) is 5.91 Å². The molecule has 0 bridgehead atoms. The molecule has 2 aromatic rings. The van der Waals surface area contributed by atoms with Crippen LogP contribution >= 0.6 is 34.6 Å². The number of nitrogens with one attached hydrogen (secondary N) is 1. The molecule has 2 heterocycles. The first-order valence-electron chi connectivity index (χ1n) is 5.14. The second-order valence-corrected chi connectivity index (χ2v) is 6.34. The van der Waals surface area contributed by atoms with Gasteiger partial charge in [-0.2, -0.15) is 5.26 Å². The highest BCUT2D eigenvalue weighted by Crippen LogP contribution is 2.26. The number of hydrogen-bond acceptors (Lipinski definition) is 9. The number of nitriles is 1. The van der Waals surface area contributed by atoms with E-state index in [9.17, 15) is 4.79 Å². The standard InChI is InChI=1S/C9H8N6OS3/c1-5-6(19-15-12-5)7(16)11-8-13-14-9(18-8)17-4-2-3-10/h2,4H2,1H3,(H,11,13,16). The molecule has 0 saturated carbocycles. The Labute approximate surface area is 121 Å². The summed E-state index contributed by atoms with van der Waals surface area (Å²) in [6.45, 7) is 1.72. The Morgan fingerprint density at radius 2 is 2.32 bits per heavy atom. The summed E-state index contributed by atoms with van der Waals surface area (Å²) in [5, 5.41) is 23.1. The molecule has 19 heavy (non-hydrogen) atoms. The van der Waals surface area contributed by atoms with Gasteiger partial charge in [-0.15, -0.1) is 15.3 Å². The van der Waals surface area contributed by atoms with Crippen LogP contribution in [-0.4, -0.2) is 31.4 Å². The summed E-state index contributed by atoms with van der Waals surface area (Å²) in [5.74, 6) is 0.383. The molecule has 2 rings (SSSR count). The van der Waals surface area contributed by atoms with E-state index in [0.717, 1.165) is 15.9 Å². The molecule has 1 N–H and O–H groups in total. The minimum atomic E-state index is -0.280. The van der Waals surface area contributed by atoms with Gasteiger partial charge in [0.2, 0.25) is 5.13 Å². The van der Waals surface area contributed by atoms with E-state index in [0.29, 0.717) is 27.9 Å². The van der Waals surface area contributed by atoms with E-state index in [2.05, 4.69) is 31.2 Å². The molecular weight excluding hydrogens is 304 g/mol. The average Bonchev–Trinajstić information content (AvgIpc) is 2.99. The van der Waals surface area contributed by atoms with Crippen molar-refractivity contribution in [3.8, 4) is 6.07 Å². The van der Waals surface area contributed by atoms with Crippen LogP contribution in [0.2, 0.25) is 0 Å². The number of aryl methyl sites for hydroxylation is 1. The van der Waals surface area contributed by atoms with Crippen LogP contribution in [0.15, 0.2) is 4.34 Å². The van der Waals surface area contributed by atoms with Crippen LogP contribution in [0.1, 0.15) is 21.8 Å². The van der Waals surface area contributed by atoms with Crippen molar-refractivity contribution in [3.05, 3.63) is 10.6 Å². The summed E-state index contributed by atoms with van der Waals surface area (Å²) in [4.78, 5) is 12.3. The lowest BCUT2D eigenvalue weighted by atomic mass is 10.4. The number of aromatic nitrogens is 4. The van der Waals surface area contributed by atoms with Gasteiger partial charge in [0.05, 0.1) is 11.8 Å². The van der Waals surface area contributed by atoms with E-state index in [-0.39, 0.29) is 5.91 Å². The molecule has 0 saturated heterocycles. The number of amides is 1. The minimum Gasteiger partial charge on any atom is -0.296 e. The highest BCUT2D eigenvalue weighted by Gasteiger charge is 2.15. The van der Waals surface area contributed by atoms with Gasteiger partial charge >= 0.3 is 0 Å². The van der Waals surface area contributed by atoms with E-state index in [1.165, 1.54) is 23.1 Å². The third-order valence-corrected chi connectivity index (χ3v) is 4.72. The Morgan fingerprint density at radius 3 is 3.00 bits per heavy atom. The van der Waals surface area contributed by atoms with E-state index >= 15 is 0 Å². The number of anilines is 1. The Bertz CT molecular complexity index is 615. The molecule has 0 atom stereocenters. The minimum absolute atomic E-state index is 0.280. The van der Waals surface area contributed by atoms with Crippen LogP contribution in [0, 0.1) is 18.3 Å². The molecule has 0 radical (unpaired) electrons. The van der Waals surface area contributed by atoms with E-state index in [1.54, 1.807) is 6.92 Å². The Hall–Kier alpha value is -1.57. The SMILES string of the molecule is Cc1nnsc1C(=O)Nc1nnc(SCCC#N)s1. The fourth-order valence-electron chi connectivity index (χ4n) is 1.10. The number of hydrogen-bond donors (Lipinski definition) is 1. The van der Waals surface area contributed by atoms with Crippen molar-refractivity contribution < 1.29 is 4.79 Å². The first-order chi connectivity index (χ1) is 9.20. The maximum atomic E-state index is 11.9. The number of rotatable bonds is 5. The van der Waals surface area contributed by atoms with Crippen molar-refractivity contribution in [2.24, 2.45) is 0 Å². The average molecular weight is 312 g/mol. The van der Waals surface area contributed by atoms with Gasteiger partial charge in [0.1, 0.15) is 4.88 Å². The lowest BCUT2D eigenvalue weighted by Gasteiger charge is -1.96. The lowest BCUT2D eigenvalue weighted by molar-refractivity contribution is 0.102. The van der Waals surface area contributed by atoms with Crippen molar-refractivity contribution in [1.82, 2.24) is 19.8 Å². The summed E-state index contributed by atoms with van der Waals surface area (Å²) in [5.41, 5.74) is 0.593. The lowest BCUT2D eigenvalue weighted by Crippen LogP contribution is -2.11. The zero-order valence-corrected chi connectivity index (χ0v) is 12.2. The molecule has 10 heteroatoms. The molecule has 0 spiro atoms. The highest BCUT2D eigenvalue weighted by molar-refractivity contribution is 8.01. The van der Waals surface area contributed by atoms with E-state index in [1.807, 2.05) is 0 Å². The maximum absolute atomic E-state index is 11.9. The predicted molar refractivity (Wildman–Crippen MR) is 73.5 cm³/mol. The highest BCUT2D eigenvalue weighted by atomic mass is 32.2. The van der Waals surface area contributed by atoms with Crippen LogP contribution in [0.5, 0.6) is 0 Å². The Kier molecular flexibility index (Phi) is 4.78. The summed E-state index contributed by atoms with van der Waals surface area (Å²) in [7, 11) is 0. The second-order valence-electron chi connectivity index (χ2n) is 3.27. The number of carbonyl (C=O) groups is 1. The molecule has 98 valence electrons. The molecule has 0 aromatic carbocycles. The zero-order valence-electron chi connectivity index (χ0n) is 9.78. The summed E-state index contributed by atoms with van der Waals surface area (Å²) < 4.78 is 4.43. The molecular formula is C9H8N6OS3. The fourth-order valence-corrected chi connectivity index (χ4v) is 3.31. The zero-order chi connectivity index (χ0) is 13.7. The molecule has 0 aliphatic rings. The van der Waals surface area contributed by atoms with Crippen LogP contribution in [0.25, 0.3) is 0 Å². The molecule has 0 aliphatic carbocycles. The quantitative estimate of drug-likeness (QED) is 0.511. The number of thioether (sulfide) groups is 1. The van der Waals surface area contributed by atoms with Gasteiger partial charge in [-0.05, 0) is 18.5 Å². The normalized spacial score (nSPS) is 10.1. The van der Waals surface area contributed by atoms with Gasteiger partial charge in [-0.1, -0.05) is 27.6 Å². The third-order valence-electron chi connectivity index (χ3n) is 1.92. The fraction of sp³-hybridized carbons (Fsp3) is 0.333. The van der Waals surface area contributed by atoms with Crippen LogP contribution in [0.4, 0.5) is 5.13 Å².